The highest BCUT2D eigenvalue weighted by Crippen LogP contribution is 2.52. The van der Waals surface area contributed by atoms with Crippen molar-refractivity contribution in [1.29, 1.82) is 0 Å². The number of hydrogen-bond acceptors (Lipinski definition) is 8. The summed E-state index contributed by atoms with van der Waals surface area (Å²) in [6.07, 6.45) is 5.48. The smallest absolute Gasteiger partial charge is 0.380 e. The monoisotopic (exact) mass is 720 g/mol. The van der Waals surface area contributed by atoms with Crippen LogP contribution in [0.25, 0.3) is 0 Å². The van der Waals surface area contributed by atoms with Gasteiger partial charge in [0.25, 0.3) is 5.91 Å². The number of aryl methyl sites for hydroxylation is 1. The molecular weight excluding hydrogens is 678 g/mol. The van der Waals surface area contributed by atoms with Gasteiger partial charge in [0.2, 0.25) is 10.0 Å². The molecule has 2 heterocycles. The van der Waals surface area contributed by atoms with Crippen molar-refractivity contribution in [1.82, 2.24) is 4.72 Å². The molecule has 6 rings (SSSR count). The number of allylic oxidation sites excluding steroid dienone is 1. The Morgan fingerprint density at radius 2 is 1.98 bits per heavy atom. The number of rotatable bonds is 3. The van der Waals surface area contributed by atoms with E-state index < -0.39 is 61.8 Å². The van der Waals surface area contributed by atoms with Crippen molar-refractivity contribution < 1.29 is 41.4 Å². The first-order valence-corrected chi connectivity index (χ1v) is 18.9. The van der Waals surface area contributed by atoms with Crippen molar-refractivity contribution in [2.45, 2.75) is 81.5 Å². The number of carbonyl (C=O) groups is 2. The Hall–Kier alpha value is -3.22. The number of benzene rings is 2. The molecule has 2 aromatic carbocycles. The molecule has 4 aliphatic rings. The zero-order valence-corrected chi connectivity index (χ0v) is 29.5. The highest BCUT2D eigenvalue weighted by atomic mass is 35.5. The van der Waals surface area contributed by atoms with Crippen molar-refractivity contribution in [2.24, 2.45) is 17.8 Å². The number of nitrogens with one attached hydrogen (secondary N) is 1. The Balaban J connectivity index is 1.48. The van der Waals surface area contributed by atoms with E-state index >= 15 is 8.78 Å². The van der Waals surface area contributed by atoms with Crippen LogP contribution < -0.4 is 14.4 Å². The molecule has 2 aromatic rings. The van der Waals surface area contributed by atoms with Gasteiger partial charge in [-0.05, 0) is 106 Å². The number of hydrogen-bond donors (Lipinski definition) is 2. The fourth-order valence-corrected chi connectivity index (χ4v) is 9.47. The van der Waals surface area contributed by atoms with E-state index in [2.05, 4.69) is 4.72 Å². The predicted octanol–water partition coefficient (Wildman–Crippen LogP) is 5.81. The van der Waals surface area contributed by atoms with E-state index in [1.807, 2.05) is 23.1 Å². The average Bonchev–Trinajstić information content (AvgIpc) is 3.18. The molecule has 2 N–H and O–H groups in total. The molecule has 1 saturated carbocycles. The molecule has 1 spiro atoms. The van der Waals surface area contributed by atoms with Crippen LogP contribution in [0.4, 0.5) is 14.5 Å². The lowest BCUT2D eigenvalue weighted by atomic mass is 9.62. The fraction of sp³-hybridized carbons (Fsp3) is 0.556. The van der Waals surface area contributed by atoms with Gasteiger partial charge in [0, 0.05) is 35.0 Å². The molecule has 0 aromatic heterocycles. The first-order valence-electron chi connectivity index (χ1n) is 16.9. The van der Waals surface area contributed by atoms with E-state index in [9.17, 15) is 23.1 Å². The van der Waals surface area contributed by atoms with Crippen LogP contribution in [0, 0.1) is 17.8 Å². The minimum absolute atomic E-state index is 0.0108. The van der Waals surface area contributed by atoms with Crippen molar-refractivity contribution in [3.8, 4) is 5.75 Å². The minimum Gasteiger partial charge on any atom is -0.490 e. The predicted molar refractivity (Wildman–Crippen MR) is 182 cm³/mol. The average molecular weight is 721 g/mol. The second-order valence-corrected chi connectivity index (χ2v) is 16.6. The molecular formula is C36H43ClF2N2O7S. The summed E-state index contributed by atoms with van der Waals surface area (Å²) in [4.78, 5) is 28.2. The zero-order valence-electron chi connectivity index (χ0n) is 27.9. The van der Waals surface area contributed by atoms with Gasteiger partial charge in [-0.15, -0.1) is 0 Å². The molecule has 2 aliphatic carbocycles. The number of ether oxygens (including phenoxy) is 2. The molecule has 49 heavy (non-hydrogen) atoms. The Kier molecular flexibility index (Phi) is 9.56. The van der Waals surface area contributed by atoms with Crippen molar-refractivity contribution >= 4 is 39.2 Å². The maximum absolute atomic E-state index is 16.1. The molecule has 1 fully saturated rings. The molecule has 9 nitrogen and oxygen atoms in total. The second kappa shape index (κ2) is 13.2. The quantitative estimate of drug-likeness (QED) is 0.301. The highest BCUT2D eigenvalue weighted by molar-refractivity contribution is 7.90. The summed E-state index contributed by atoms with van der Waals surface area (Å²) in [6.45, 7) is 5.09. The topological polar surface area (TPSA) is 122 Å². The Morgan fingerprint density at radius 1 is 1.20 bits per heavy atom. The summed E-state index contributed by atoms with van der Waals surface area (Å²) in [5.74, 6) is -8.56. The van der Waals surface area contributed by atoms with Crippen LogP contribution in [-0.4, -0.2) is 68.5 Å². The van der Waals surface area contributed by atoms with E-state index in [4.69, 9.17) is 21.1 Å². The van der Waals surface area contributed by atoms with E-state index in [-0.39, 0.29) is 31.6 Å². The van der Waals surface area contributed by atoms with Gasteiger partial charge in [0.15, 0.2) is 5.60 Å². The number of alkyl halides is 2. The van der Waals surface area contributed by atoms with Crippen molar-refractivity contribution in [3.63, 3.8) is 0 Å². The third kappa shape index (κ3) is 6.33. The number of fused-ring (bicyclic) bond motifs is 4. The summed E-state index contributed by atoms with van der Waals surface area (Å²) in [5, 5.41) is 11.5. The SMILES string of the molecule is CCOC(=O)C(F)(F)[C@@]1(O)/C=C/C[C@H](C)[C@@H](C)S(=O)(=O)NC(=O)c2ccc3c(c2)N(C[C@@H]2CC[C@H]21)C[C@@]1(CCCc2cc(Cl)ccc21)CO3. The zero-order chi connectivity index (χ0) is 35.4. The largest absolute Gasteiger partial charge is 0.490 e. The summed E-state index contributed by atoms with van der Waals surface area (Å²) in [5.41, 5.74) is -0.614. The number of esters is 1. The summed E-state index contributed by atoms with van der Waals surface area (Å²) >= 11 is 6.38. The molecule has 2 aliphatic heterocycles. The summed E-state index contributed by atoms with van der Waals surface area (Å²) < 4.78 is 72.2. The maximum Gasteiger partial charge on any atom is 0.380 e. The molecule has 0 saturated heterocycles. The van der Waals surface area contributed by atoms with Crippen LogP contribution in [0.3, 0.4) is 0 Å². The third-order valence-electron chi connectivity index (χ3n) is 11.2. The number of aliphatic hydroxyl groups is 1. The lowest BCUT2D eigenvalue weighted by Crippen LogP contribution is -2.62. The summed E-state index contributed by atoms with van der Waals surface area (Å²) in [6, 6.07) is 10.5. The van der Waals surface area contributed by atoms with Gasteiger partial charge in [-0.1, -0.05) is 36.7 Å². The third-order valence-corrected chi connectivity index (χ3v) is 13.3. The Labute approximate surface area is 291 Å². The van der Waals surface area contributed by atoms with Crippen LogP contribution in [0.5, 0.6) is 5.75 Å². The molecule has 6 atom stereocenters. The molecule has 266 valence electrons. The highest BCUT2D eigenvalue weighted by Gasteiger charge is 2.65. The first kappa shape index (κ1) is 35.6. The molecule has 0 unspecified atom stereocenters. The number of sulfonamides is 1. The molecule has 1 amide bonds. The van der Waals surface area contributed by atoms with Crippen LogP contribution in [0.15, 0.2) is 48.6 Å². The van der Waals surface area contributed by atoms with Crippen molar-refractivity contribution in [2.75, 3.05) is 31.2 Å². The van der Waals surface area contributed by atoms with Crippen LogP contribution in [-0.2, 0) is 31.4 Å². The van der Waals surface area contributed by atoms with Gasteiger partial charge >= 0.3 is 11.9 Å². The fourth-order valence-electron chi connectivity index (χ4n) is 7.99. The lowest BCUT2D eigenvalue weighted by molar-refractivity contribution is -0.225. The number of amides is 1. The summed E-state index contributed by atoms with van der Waals surface area (Å²) in [7, 11) is -4.20. The standard InChI is InChI=1S/C36H43ClF2N2O7S/c1-4-47-33(43)36(38,39)35(44)16-5-7-22(2)23(3)49(45,46)40-32(42)25-10-14-31-30(18-25)41(19-26-9-12-29(26)35)20-34(21-48-31)15-6-8-24-17-27(37)11-13-28(24)34/h5,10-11,13-14,16-18,22-23,26,29,44H,4,6-9,12,15,19-21H2,1-3H3,(H,40,42)/b16-5+/t22-,23+,26-,29+,34-,35+/m0/s1. The maximum atomic E-state index is 16.1. The minimum atomic E-state index is -4.28. The first-order chi connectivity index (χ1) is 23.1. The number of carbonyl (C=O) groups excluding carboxylic acids is 2. The normalized spacial score (nSPS) is 32.0. The Morgan fingerprint density at radius 3 is 2.69 bits per heavy atom. The van der Waals surface area contributed by atoms with E-state index in [0.717, 1.165) is 36.5 Å². The van der Waals surface area contributed by atoms with Crippen LogP contribution >= 0.6 is 11.6 Å². The van der Waals surface area contributed by atoms with E-state index in [1.54, 1.807) is 19.1 Å². The van der Waals surface area contributed by atoms with Gasteiger partial charge in [-0.3, -0.25) is 4.79 Å². The van der Waals surface area contributed by atoms with Gasteiger partial charge in [0.1, 0.15) is 5.75 Å². The number of anilines is 1. The van der Waals surface area contributed by atoms with Crippen LogP contribution in [0.2, 0.25) is 5.02 Å². The van der Waals surface area contributed by atoms with Gasteiger partial charge in [-0.2, -0.15) is 8.78 Å². The molecule has 13 heteroatoms. The second-order valence-electron chi connectivity index (χ2n) is 14.1. The number of nitrogens with zero attached hydrogens (tertiary/aromatic N) is 1. The van der Waals surface area contributed by atoms with Crippen molar-refractivity contribution in [3.05, 3.63) is 70.3 Å². The van der Waals surface area contributed by atoms with Crippen LogP contribution in [0.1, 0.15) is 74.4 Å². The number of halogens is 3. The van der Waals surface area contributed by atoms with Gasteiger partial charge in [0.05, 0.1) is 24.2 Å². The molecule has 0 radical (unpaired) electrons. The Bertz CT molecular complexity index is 1770. The molecule has 2 bridgehead atoms. The van der Waals surface area contributed by atoms with E-state index in [0.29, 0.717) is 36.0 Å². The van der Waals surface area contributed by atoms with E-state index in [1.165, 1.54) is 26.0 Å². The lowest BCUT2D eigenvalue weighted by Gasteiger charge is -2.50. The van der Waals surface area contributed by atoms with Gasteiger partial charge < -0.3 is 19.5 Å². The van der Waals surface area contributed by atoms with Gasteiger partial charge in [-0.25, -0.2) is 17.9 Å².